The second kappa shape index (κ2) is 7.67. The number of nitrogens with zero attached hydrogens (tertiary/aromatic N) is 1. The minimum atomic E-state index is -1.11. The summed E-state index contributed by atoms with van der Waals surface area (Å²) in [5, 5.41) is 29.3. The Morgan fingerprint density at radius 3 is 2.63 bits per heavy atom. The molecule has 1 aromatic carbocycles. The average molecular weight is 308 g/mol. The Balaban J connectivity index is 2.41. The molecule has 0 aliphatic heterocycles. The molecule has 0 aliphatic rings. The largest absolute Gasteiger partial charge is 0.481 e. The fourth-order valence-electron chi connectivity index (χ4n) is 1.57. The van der Waals surface area contributed by atoms with Gasteiger partial charge in [0.25, 0.3) is 0 Å². The summed E-state index contributed by atoms with van der Waals surface area (Å²) < 4.78 is 0. The van der Waals surface area contributed by atoms with Crippen LogP contribution in [0, 0.1) is 0 Å². The molecule has 1 unspecified atom stereocenters. The number of aliphatic hydroxyl groups excluding tert-OH is 1. The monoisotopic (exact) mass is 307 g/mol. The number of halogens is 2. The van der Waals surface area contributed by atoms with E-state index in [9.17, 15) is 15.1 Å². The molecule has 0 aliphatic carbocycles. The van der Waals surface area contributed by atoms with Gasteiger partial charge in [-0.05, 0) is 24.1 Å². The molecule has 0 saturated heterocycles. The van der Waals surface area contributed by atoms with Gasteiger partial charge in [0.2, 0.25) is 0 Å². The van der Waals surface area contributed by atoms with Crippen molar-refractivity contribution in [3.05, 3.63) is 33.8 Å². The van der Waals surface area contributed by atoms with E-state index in [2.05, 4.69) is 0 Å². The number of carboxylic acid groups (broad SMARTS) is 1. The maximum atomic E-state index is 10.4. The smallest absolute Gasteiger partial charge is 0.306 e. The van der Waals surface area contributed by atoms with Gasteiger partial charge in [0, 0.05) is 16.6 Å². The van der Waals surface area contributed by atoms with E-state index in [4.69, 9.17) is 28.3 Å². The van der Waals surface area contributed by atoms with Crippen LogP contribution in [0.2, 0.25) is 10.0 Å². The van der Waals surface area contributed by atoms with Gasteiger partial charge in [-0.25, -0.2) is 0 Å². The number of rotatable bonds is 7. The Morgan fingerprint density at radius 2 is 2.05 bits per heavy atom. The molecule has 1 aromatic rings. The first-order chi connectivity index (χ1) is 8.88. The van der Waals surface area contributed by atoms with Crippen molar-refractivity contribution >= 4 is 29.2 Å². The standard InChI is InChI=1S/C12H15Cl2NO4/c13-9-2-1-8(11(14)5-9)3-4-15(19)7-10(16)6-12(17)18/h1-2,5,10,16,19H,3-4,6-7H2,(H,17,18). The lowest BCUT2D eigenvalue weighted by Crippen LogP contribution is -2.32. The Bertz CT molecular complexity index is 442. The van der Waals surface area contributed by atoms with Crippen LogP contribution in [-0.2, 0) is 11.2 Å². The number of benzene rings is 1. The van der Waals surface area contributed by atoms with Gasteiger partial charge < -0.3 is 15.4 Å². The van der Waals surface area contributed by atoms with Gasteiger partial charge >= 0.3 is 5.97 Å². The fraction of sp³-hybridized carbons (Fsp3) is 0.417. The highest BCUT2D eigenvalue weighted by Crippen LogP contribution is 2.21. The minimum Gasteiger partial charge on any atom is -0.481 e. The topological polar surface area (TPSA) is 81.0 Å². The van der Waals surface area contributed by atoms with Crippen LogP contribution in [0.25, 0.3) is 0 Å². The van der Waals surface area contributed by atoms with Gasteiger partial charge in [-0.15, -0.1) is 0 Å². The SMILES string of the molecule is O=C(O)CC(O)CN(O)CCc1ccc(Cl)cc1Cl. The number of aliphatic carboxylic acids is 1. The molecule has 0 aromatic heterocycles. The van der Waals surface area contributed by atoms with Crippen LogP contribution in [0.4, 0.5) is 0 Å². The van der Waals surface area contributed by atoms with Crippen molar-refractivity contribution in [2.75, 3.05) is 13.1 Å². The summed E-state index contributed by atoms with van der Waals surface area (Å²) in [4.78, 5) is 10.4. The Morgan fingerprint density at radius 1 is 1.37 bits per heavy atom. The predicted molar refractivity (Wildman–Crippen MR) is 71.8 cm³/mol. The fourth-order valence-corrected chi connectivity index (χ4v) is 2.08. The summed E-state index contributed by atoms with van der Waals surface area (Å²) in [5.41, 5.74) is 0.817. The van der Waals surface area contributed by atoms with E-state index in [1.807, 2.05) is 0 Å². The normalized spacial score (nSPS) is 12.7. The van der Waals surface area contributed by atoms with Gasteiger partial charge in [0.05, 0.1) is 19.1 Å². The van der Waals surface area contributed by atoms with Crippen LogP contribution < -0.4 is 0 Å². The van der Waals surface area contributed by atoms with Crippen molar-refractivity contribution in [1.29, 1.82) is 0 Å². The van der Waals surface area contributed by atoms with E-state index in [-0.39, 0.29) is 13.1 Å². The van der Waals surface area contributed by atoms with Gasteiger partial charge in [-0.1, -0.05) is 29.3 Å². The number of hydrogen-bond donors (Lipinski definition) is 3. The molecule has 106 valence electrons. The Labute approximate surface area is 120 Å². The highest BCUT2D eigenvalue weighted by molar-refractivity contribution is 6.35. The summed E-state index contributed by atoms with van der Waals surface area (Å²) in [6, 6.07) is 5.06. The number of hydroxylamine groups is 2. The average Bonchev–Trinajstić information content (AvgIpc) is 2.26. The maximum absolute atomic E-state index is 10.4. The minimum absolute atomic E-state index is 0.127. The summed E-state index contributed by atoms with van der Waals surface area (Å²) in [6.07, 6.45) is -1.05. The molecule has 5 nitrogen and oxygen atoms in total. The number of carbonyl (C=O) groups is 1. The Kier molecular flexibility index (Phi) is 6.54. The summed E-state index contributed by atoms with van der Waals surface area (Å²) >= 11 is 11.7. The second-order valence-corrected chi connectivity index (χ2v) is 4.99. The van der Waals surface area contributed by atoms with Gasteiger partial charge in [0.1, 0.15) is 0 Å². The molecular formula is C12H15Cl2NO4. The molecule has 0 saturated carbocycles. The van der Waals surface area contributed by atoms with Gasteiger partial charge in [0.15, 0.2) is 0 Å². The number of carboxylic acids is 1. The zero-order valence-corrected chi connectivity index (χ0v) is 11.6. The van der Waals surface area contributed by atoms with Crippen molar-refractivity contribution in [3.63, 3.8) is 0 Å². The summed E-state index contributed by atoms with van der Waals surface area (Å²) in [7, 11) is 0. The molecular weight excluding hydrogens is 293 g/mol. The van der Waals surface area contributed by atoms with Gasteiger partial charge in [-0.3, -0.25) is 4.79 Å². The van der Waals surface area contributed by atoms with E-state index in [1.165, 1.54) is 0 Å². The third-order valence-electron chi connectivity index (χ3n) is 2.49. The van der Waals surface area contributed by atoms with Crippen molar-refractivity contribution in [1.82, 2.24) is 5.06 Å². The van der Waals surface area contributed by atoms with E-state index < -0.39 is 18.5 Å². The number of aliphatic hydroxyl groups is 1. The quantitative estimate of drug-likeness (QED) is 0.672. The molecule has 0 spiro atoms. The van der Waals surface area contributed by atoms with Crippen LogP contribution in [0.3, 0.4) is 0 Å². The maximum Gasteiger partial charge on any atom is 0.306 e. The molecule has 0 fully saturated rings. The van der Waals surface area contributed by atoms with Crippen LogP contribution in [0.5, 0.6) is 0 Å². The van der Waals surface area contributed by atoms with Crippen LogP contribution in [-0.4, -0.2) is 45.6 Å². The van der Waals surface area contributed by atoms with E-state index in [0.29, 0.717) is 16.5 Å². The van der Waals surface area contributed by atoms with Crippen molar-refractivity contribution in [2.45, 2.75) is 18.9 Å². The molecule has 1 rings (SSSR count). The molecule has 1 atom stereocenters. The second-order valence-electron chi connectivity index (χ2n) is 4.15. The molecule has 0 amide bonds. The molecule has 0 radical (unpaired) electrons. The van der Waals surface area contributed by atoms with E-state index in [0.717, 1.165) is 10.6 Å². The molecule has 7 heteroatoms. The van der Waals surface area contributed by atoms with Crippen LogP contribution in [0.15, 0.2) is 18.2 Å². The van der Waals surface area contributed by atoms with Gasteiger partial charge in [-0.2, -0.15) is 5.06 Å². The zero-order valence-electron chi connectivity index (χ0n) is 10.1. The highest BCUT2D eigenvalue weighted by Gasteiger charge is 2.13. The Hall–Kier alpha value is -0.850. The van der Waals surface area contributed by atoms with Crippen molar-refractivity contribution in [3.8, 4) is 0 Å². The number of hydrogen-bond acceptors (Lipinski definition) is 4. The lowest BCUT2D eigenvalue weighted by atomic mass is 10.1. The van der Waals surface area contributed by atoms with Crippen molar-refractivity contribution in [2.24, 2.45) is 0 Å². The first kappa shape index (κ1) is 16.2. The zero-order chi connectivity index (χ0) is 14.4. The first-order valence-corrected chi connectivity index (χ1v) is 6.41. The summed E-state index contributed by atoms with van der Waals surface area (Å²) in [6.45, 7) is 0.107. The molecule has 0 heterocycles. The molecule has 3 N–H and O–H groups in total. The third kappa shape index (κ3) is 6.22. The lowest BCUT2D eigenvalue weighted by molar-refractivity contribution is -0.143. The predicted octanol–water partition coefficient (Wildman–Crippen LogP) is 2.06. The lowest BCUT2D eigenvalue weighted by Gasteiger charge is -2.18. The van der Waals surface area contributed by atoms with E-state index in [1.54, 1.807) is 18.2 Å². The van der Waals surface area contributed by atoms with Crippen molar-refractivity contribution < 1.29 is 20.2 Å². The molecule has 19 heavy (non-hydrogen) atoms. The van der Waals surface area contributed by atoms with Crippen LogP contribution >= 0.6 is 23.2 Å². The summed E-state index contributed by atoms with van der Waals surface area (Å²) in [5.74, 6) is -1.11. The van der Waals surface area contributed by atoms with Crippen LogP contribution in [0.1, 0.15) is 12.0 Å². The molecule has 0 bridgehead atoms. The van der Waals surface area contributed by atoms with E-state index >= 15 is 0 Å². The third-order valence-corrected chi connectivity index (χ3v) is 3.07. The first-order valence-electron chi connectivity index (χ1n) is 5.66. The highest BCUT2D eigenvalue weighted by atomic mass is 35.5.